The monoisotopic (exact) mass is 500 g/mol. The molecule has 5 nitrogen and oxygen atoms in total. The van der Waals surface area contributed by atoms with Crippen molar-refractivity contribution in [3.05, 3.63) is 80.0 Å². The maximum absolute atomic E-state index is 13.4. The SMILES string of the molecule is Cc1ccc(C(=O)c2c(O)c(O)n(-c3nc4c(Cl)cccc4s3)c2-c2ccc(Cl)cc2)s1. The number of nitrogens with zero attached hydrogens (tertiary/aromatic N) is 2. The number of halogens is 2. The van der Waals surface area contributed by atoms with Crippen LogP contribution in [0.3, 0.4) is 0 Å². The number of thiazole rings is 1. The lowest BCUT2D eigenvalue weighted by Gasteiger charge is -2.09. The average molecular weight is 501 g/mol. The van der Waals surface area contributed by atoms with E-state index in [-0.39, 0.29) is 5.56 Å². The molecule has 3 aromatic heterocycles. The largest absolute Gasteiger partial charge is 0.503 e. The molecule has 0 spiro atoms. The van der Waals surface area contributed by atoms with Gasteiger partial charge in [-0.2, -0.15) is 0 Å². The number of aromatic hydroxyl groups is 2. The second-order valence-corrected chi connectivity index (χ2v) is 10.2. The lowest BCUT2D eigenvalue weighted by Crippen LogP contribution is -2.03. The molecule has 9 heteroatoms. The summed E-state index contributed by atoms with van der Waals surface area (Å²) < 4.78 is 2.19. The molecule has 0 aliphatic heterocycles. The fourth-order valence-corrected chi connectivity index (χ4v) is 5.72. The first-order valence-electron chi connectivity index (χ1n) is 9.44. The van der Waals surface area contributed by atoms with Crippen LogP contribution in [0.5, 0.6) is 11.6 Å². The molecule has 0 fully saturated rings. The van der Waals surface area contributed by atoms with E-state index in [1.807, 2.05) is 25.1 Å². The van der Waals surface area contributed by atoms with Crippen LogP contribution < -0.4 is 0 Å². The third kappa shape index (κ3) is 3.38. The van der Waals surface area contributed by atoms with Crippen molar-refractivity contribution in [2.24, 2.45) is 0 Å². The Morgan fingerprint density at radius 1 is 1.00 bits per heavy atom. The lowest BCUT2D eigenvalue weighted by atomic mass is 10.0. The zero-order valence-corrected chi connectivity index (χ0v) is 19.6. The van der Waals surface area contributed by atoms with Crippen molar-refractivity contribution in [3.63, 3.8) is 0 Å². The van der Waals surface area contributed by atoms with Gasteiger partial charge in [-0.1, -0.05) is 52.7 Å². The third-order valence-electron chi connectivity index (χ3n) is 4.98. The number of aryl methyl sites for hydroxylation is 1. The average Bonchev–Trinajstić information content (AvgIpc) is 3.46. The molecular formula is C23H14Cl2N2O3S2. The van der Waals surface area contributed by atoms with Gasteiger partial charge in [0.05, 0.1) is 25.9 Å². The van der Waals surface area contributed by atoms with E-state index in [0.717, 1.165) is 9.58 Å². The van der Waals surface area contributed by atoms with Gasteiger partial charge in [0.1, 0.15) is 5.52 Å². The summed E-state index contributed by atoms with van der Waals surface area (Å²) in [5.41, 5.74) is 1.48. The van der Waals surface area contributed by atoms with Crippen LogP contribution in [-0.2, 0) is 0 Å². The van der Waals surface area contributed by atoms with Crippen molar-refractivity contribution in [1.82, 2.24) is 9.55 Å². The van der Waals surface area contributed by atoms with Crippen molar-refractivity contribution in [2.75, 3.05) is 0 Å². The first kappa shape index (κ1) is 21.0. The van der Waals surface area contributed by atoms with Gasteiger partial charge in [-0.25, -0.2) is 4.98 Å². The molecule has 0 unspecified atom stereocenters. The van der Waals surface area contributed by atoms with Crippen LogP contribution in [0.4, 0.5) is 0 Å². The van der Waals surface area contributed by atoms with Gasteiger partial charge in [0.15, 0.2) is 10.9 Å². The second-order valence-electron chi connectivity index (χ2n) is 7.06. The maximum atomic E-state index is 13.4. The standard InChI is InChI=1S/C23H14Cl2N2O3S2/c1-11-5-10-16(31-11)20(28)17-19(12-6-8-13(24)9-7-12)27(22(30)21(17)29)23-26-18-14(25)3-2-4-15(18)32-23/h2-10,29-30H,1H3. The lowest BCUT2D eigenvalue weighted by molar-refractivity contribution is 0.104. The minimum Gasteiger partial charge on any atom is -0.503 e. The van der Waals surface area contributed by atoms with Crippen LogP contribution in [-0.4, -0.2) is 25.5 Å². The van der Waals surface area contributed by atoms with Crippen molar-refractivity contribution in [2.45, 2.75) is 6.92 Å². The van der Waals surface area contributed by atoms with Crippen molar-refractivity contribution < 1.29 is 15.0 Å². The van der Waals surface area contributed by atoms with Crippen LogP contribution >= 0.6 is 45.9 Å². The highest BCUT2D eigenvalue weighted by Gasteiger charge is 2.31. The number of carbonyl (C=O) groups excluding carboxylic acids is 1. The first-order chi connectivity index (χ1) is 15.3. The van der Waals surface area contributed by atoms with Crippen LogP contribution in [0, 0.1) is 6.92 Å². The molecule has 32 heavy (non-hydrogen) atoms. The number of aromatic nitrogens is 2. The van der Waals surface area contributed by atoms with Gasteiger partial charge in [-0.3, -0.25) is 9.36 Å². The summed E-state index contributed by atoms with van der Waals surface area (Å²) in [6.07, 6.45) is 0. The van der Waals surface area contributed by atoms with E-state index in [0.29, 0.717) is 36.8 Å². The molecule has 160 valence electrons. The van der Waals surface area contributed by atoms with Gasteiger partial charge in [-0.05, 0) is 48.9 Å². The topological polar surface area (TPSA) is 75.3 Å². The molecular weight excluding hydrogens is 487 g/mol. The summed E-state index contributed by atoms with van der Waals surface area (Å²) in [5, 5.41) is 23.2. The fraction of sp³-hybridized carbons (Fsp3) is 0.0435. The Morgan fingerprint density at radius 3 is 2.41 bits per heavy atom. The highest BCUT2D eigenvalue weighted by atomic mass is 35.5. The van der Waals surface area contributed by atoms with Crippen molar-refractivity contribution in [3.8, 4) is 28.0 Å². The van der Waals surface area contributed by atoms with Gasteiger partial charge in [0, 0.05) is 9.90 Å². The predicted molar refractivity (Wildman–Crippen MR) is 130 cm³/mol. The molecule has 0 bridgehead atoms. The zero-order chi connectivity index (χ0) is 22.6. The van der Waals surface area contributed by atoms with Gasteiger partial charge in [-0.15, -0.1) is 11.3 Å². The normalized spacial score (nSPS) is 11.3. The molecule has 5 aromatic rings. The van der Waals surface area contributed by atoms with Crippen LogP contribution in [0.25, 0.3) is 26.6 Å². The maximum Gasteiger partial charge on any atom is 0.242 e. The molecule has 0 saturated carbocycles. The Kier molecular flexibility index (Phi) is 5.22. The summed E-state index contributed by atoms with van der Waals surface area (Å²) in [6.45, 7) is 1.90. The number of hydrogen-bond acceptors (Lipinski definition) is 6. The third-order valence-corrected chi connectivity index (χ3v) is 7.54. The van der Waals surface area contributed by atoms with Crippen molar-refractivity contribution >= 4 is 61.9 Å². The predicted octanol–water partition coefficient (Wildman–Crippen LogP) is 7.07. The van der Waals surface area contributed by atoms with Crippen LogP contribution in [0.1, 0.15) is 20.1 Å². The molecule has 0 saturated heterocycles. The smallest absolute Gasteiger partial charge is 0.242 e. The summed E-state index contributed by atoms with van der Waals surface area (Å²) in [6, 6.07) is 15.8. The van der Waals surface area contributed by atoms with E-state index in [2.05, 4.69) is 4.98 Å². The van der Waals surface area contributed by atoms with Gasteiger partial charge >= 0.3 is 0 Å². The molecule has 3 heterocycles. The van der Waals surface area contributed by atoms with Crippen LogP contribution in [0.2, 0.25) is 10.0 Å². The molecule has 0 amide bonds. The minimum absolute atomic E-state index is 0.00275. The summed E-state index contributed by atoms with van der Waals surface area (Å²) in [7, 11) is 0. The summed E-state index contributed by atoms with van der Waals surface area (Å²) in [5.74, 6) is -1.36. The van der Waals surface area contributed by atoms with Gasteiger partial charge in [0.25, 0.3) is 0 Å². The molecule has 0 radical (unpaired) electrons. The number of thiophene rings is 1. The Hall–Kier alpha value is -2.84. The fourth-order valence-electron chi connectivity index (χ4n) is 3.51. The van der Waals surface area contributed by atoms with E-state index in [9.17, 15) is 15.0 Å². The Morgan fingerprint density at radius 2 is 1.75 bits per heavy atom. The van der Waals surface area contributed by atoms with Gasteiger partial charge < -0.3 is 10.2 Å². The second kappa shape index (κ2) is 7.94. The highest BCUT2D eigenvalue weighted by molar-refractivity contribution is 7.21. The Labute approximate surface area is 200 Å². The Balaban J connectivity index is 1.82. The zero-order valence-electron chi connectivity index (χ0n) is 16.5. The molecule has 2 aromatic carbocycles. The quantitative estimate of drug-likeness (QED) is 0.258. The number of carbonyl (C=O) groups is 1. The molecule has 2 N–H and O–H groups in total. The summed E-state index contributed by atoms with van der Waals surface area (Å²) in [4.78, 5) is 19.4. The number of para-hydroxylation sites is 1. The number of ketones is 1. The molecule has 0 atom stereocenters. The van der Waals surface area contributed by atoms with E-state index in [4.69, 9.17) is 23.2 Å². The van der Waals surface area contributed by atoms with E-state index < -0.39 is 17.4 Å². The number of fused-ring (bicyclic) bond motifs is 1. The number of hydrogen-bond donors (Lipinski definition) is 2. The molecule has 0 aliphatic carbocycles. The van der Waals surface area contributed by atoms with E-state index in [1.165, 1.54) is 27.2 Å². The minimum atomic E-state index is -0.503. The van der Waals surface area contributed by atoms with E-state index in [1.54, 1.807) is 36.4 Å². The Bertz CT molecular complexity index is 1500. The number of benzene rings is 2. The molecule has 5 rings (SSSR count). The van der Waals surface area contributed by atoms with Crippen molar-refractivity contribution in [1.29, 1.82) is 0 Å². The molecule has 0 aliphatic rings. The van der Waals surface area contributed by atoms with Gasteiger partial charge in [0.2, 0.25) is 11.7 Å². The highest BCUT2D eigenvalue weighted by Crippen LogP contribution is 2.46. The van der Waals surface area contributed by atoms with Crippen LogP contribution in [0.15, 0.2) is 54.6 Å². The summed E-state index contributed by atoms with van der Waals surface area (Å²) >= 11 is 15.0. The number of rotatable bonds is 4. The van der Waals surface area contributed by atoms with E-state index >= 15 is 0 Å². The first-order valence-corrected chi connectivity index (χ1v) is 11.8.